The number of carbonyl (C=O) groups is 1. The lowest BCUT2D eigenvalue weighted by Gasteiger charge is -2.13. The van der Waals surface area contributed by atoms with Crippen LogP contribution in [0.5, 0.6) is 0 Å². The van der Waals surface area contributed by atoms with Crippen LogP contribution < -0.4 is 5.32 Å². The van der Waals surface area contributed by atoms with Crippen LogP contribution in [0.3, 0.4) is 0 Å². The van der Waals surface area contributed by atoms with Crippen LogP contribution in [0.1, 0.15) is 32.0 Å². The van der Waals surface area contributed by atoms with Gasteiger partial charge in [0.15, 0.2) is 5.16 Å². The molecular weight excluding hydrogens is 344 g/mol. The highest BCUT2D eigenvalue weighted by Crippen LogP contribution is 2.32. The maximum atomic E-state index is 12.3. The molecule has 1 atom stereocenters. The molecule has 0 bridgehead atoms. The molecule has 5 nitrogen and oxygen atoms in total. The van der Waals surface area contributed by atoms with Crippen molar-refractivity contribution in [2.45, 2.75) is 51.1 Å². The topological polar surface area (TPSA) is 59.3 Å². The minimum atomic E-state index is -0.255. The fraction of sp³-hybridized carbons (Fsp3) is 0.350. The molecular formula is C20H24N4OS. The van der Waals surface area contributed by atoms with Gasteiger partial charge in [0.2, 0.25) is 5.91 Å². The molecule has 2 heterocycles. The van der Waals surface area contributed by atoms with E-state index >= 15 is 0 Å². The summed E-state index contributed by atoms with van der Waals surface area (Å²) in [7, 11) is 0. The quantitative estimate of drug-likeness (QED) is 0.691. The van der Waals surface area contributed by atoms with Crippen molar-refractivity contribution < 1.29 is 4.79 Å². The Hall–Kier alpha value is -2.34. The van der Waals surface area contributed by atoms with Crippen molar-refractivity contribution >= 4 is 23.2 Å². The van der Waals surface area contributed by atoms with Crippen LogP contribution >= 0.6 is 11.8 Å². The lowest BCUT2D eigenvalue weighted by molar-refractivity contribution is -0.120. The second-order valence-corrected chi connectivity index (χ2v) is 8.07. The summed E-state index contributed by atoms with van der Waals surface area (Å²) in [5.74, 6) is 0.00684. The number of nitrogens with zero attached hydrogens (tertiary/aromatic N) is 3. The Bertz CT molecular complexity index is 934. The number of imidazole rings is 1. The molecule has 6 heteroatoms. The Labute approximate surface area is 158 Å². The fourth-order valence-corrected chi connectivity index (χ4v) is 3.76. The molecule has 0 fully saturated rings. The second-order valence-electron chi connectivity index (χ2n) is 6.76. The van der Waals surface area contributed by atoms with Crippen LogP contribution in [0.2, 0.25) is 0 Å². The van der Waals surface area contributed by atoms with Gasteiger partial charge in [-0.25, -0.2) is 9.50 Å². The molecule has 3 rings (SSSR count). The van der Waals surface area contributed by atoms with Gasteiger partial charge in [-0.05, 0) is 46.2 Å². The predicted octanol–water partition coefficient (Wildman–Crippen LogP) is 4.02. The third-order valence-corrected chi connectivity index (χ3v) is 5.05. The smallest absolute Gasteiger partial charge is 0.233 e. The van der Waals surface area contributed by atoms with E-state index in [1.54, 1.807) is 0 Å². The fourth-order valence-electron chi connectivity index (χ4n) is 2.89. The zero-order valence-corrected chi connectivity index (χ0v) is 16.6. The van der Waals surface area contributed by atoms with Crippen LogP contribution in [0.25, 0.3) is 16.8 Å². The van der Waals surface area contributed by atoms with Crippen LogP contribution in [0.4, 0.5) is 0 Å². The lowest BCUT2D eigenvalue weighted by Crippen LogP contribution is -2.36. The van der Waals surface area contributed by atoms with Gasteiger partial charge in [-0.1, -0.05) is 42.1 Å². The summed E-state index contributed by atoms with van der Waals surface area (Å²) in [5.41, 5.74) is 4.98. The summed E-state index contributed by atoms with van der Waals surface area (Å²) in [6.45, 7) is 9.86. The molecule has 2 aromatic heterocycles. The van der Waals surface area contributed by atoms with E-state index in [0.29, 0.717) is 0 Å². The summed E-state index contributed by atoms with van der Waals surface area (Å²) in [4.78, 5) is 17.2. The predicted molar refractivity (Wildman–Crippen MR) is 106 cm³/mol. The van der Waals surface area contributed by atoms with E-state index in [9.17, 15) is 4.79 Å². The summed E-state index contributed by atoms with van der Waals surface area (Å²) >= 11 is 1.43. The first kappa shape index (κ1) is 18.5. The first-order valence-corrected chi connectivity index (χ1v) is 9.64. The van der Waals surface area contributed by atoms with Crippen LogP contribution in [0, 0.1) is 13.8 Å². The lowest BCUT2D eigenvalue weighted by atomic mass is 10.1. The molecule has 0 spiro atoms. The molecule has 136 valence electrons. The number of thioether (sulfide) groups is 1. The molecule has 1 N–H and O–H groups in total. The average Bonchev–Trinajstić information content (AvgIpc) is 2.93. The first-order valence-electron chi connectivity index (χ1n) is 8.76. The van der Waals surface area contributed by atoms with Gasteiger partial charge in [0.25, 0.3) is 0 Å². The van der Waals surface area contributed by atoms with E-state index < -0.39 is 0 Å². The molecule has 0 saturated heterocycles. The third kappa shape index (κ3) is 3.75. The first-order chi connectivity index (χ1) is 12.4. The number of carbonyl (C=O) groups excluding carboxylic acids is 1. The van der Waals surface area contributed by atoms with Gasteiger partial charge in [-0.15, -0.1) is 0 Å². The van der Waals surface area contributed by atoms with Crippen molar-refractivity contribution in [3.05, 3.63) is 47.7 Å². The highest BCUT2D eigenvalue weighted by Gasteiger charge is 2.22. The third-order valence-electron chi connectivity index (χ3n) is 4.01. The van der Waals surface area contributed by atoms with Crippen molar-refractivity contribution in [2.24, 2.45) is 0 Å². The Morgan fingerprint density at radius 2 is 1.85 bits per heavy atom. The van der Waals surface area contributed by atoms with Crippen molar-refractivity contribution in [3.63, 3.8) is 0 Å². The number of rotatable bonds is 5. The number of hydrogen-bond donors (Lipinski definition) is 1. The number of benzene rings is 1. The van der Waals surface area contributed by atoms with E-state index in [-0.39, 0.29) is 17.2 Å². The molecule has 0 saturated carbocycles. The summed E-state index contributed by atoms with van der Waals surface area (Å²) in [6.07, 6.45) is 0. The van der Waals surface area contributed by atoms with Crippen LogP contribution in [-0.2, 0) is 4.79 Å². The Kier molecular flexibility index (Phi) is 5.32. The molecule has 0 aliphatic rings. The minimum absolute atomic E-state index is 0.00684. The van der Waals surface area contributed by atoms with Crippen LogP contribution in [-0.4, -0.2) is 31.8 Å². The van der Waals surface area contributed by atoms with E-state index in [1.807, 2.05) is 62.5 Å². The summed E-state index contributed by atoms with van der Waals surface area (Å²) in [6, 6.07) is 12.3. The van der Waals surface area contributed by atoms with E-state index in [1.165, 1.54) is 11.8 Å². The van der Waals surface area contributed by atoms with Crippen LogP contribution in [0.15, 0.2) is 41.6 Å². The highest BCUT2D eigenvalue weighted by atomic mass is 32.2. The highest BCUT2D eigenvalue weighted by molar-refractivity contribution is 8.00. The van der Waals surface area contributed by atoms with Crippen molar-refractivity contribution in [2.75, 3.05) is 0 Å². The molecule has 3 aromatic rings. The van der Waals surface area contributed by atoms with Gasteiger partial charge in [0.05, 0.1) is 22.2 Å². The van der Waals surface area contributed by atoms with E-state index in [4.69, 9.17) is 4.98 Å². The normalized spacial score (nSPS) is 12.5. The van der Waals surface area contributed by atoms with Gasteiger partial charge in [-0.3, -0.25) is 4.79 Å². The Morgan fingerprint density at radius 1 is 1.15 bits per heavy atom. The van der Waals surface area contributed by atoms with Gasteiger partial charge in [-0.2, -0.15) is 5.10 Å². The number of aromatic nitrogens is 3. The molecule has 0 aliphatic carbocycles. The summed E-state index contributed by atoms with van der Waals surface area (Å²) in [5, 5.41) is 8.09. The van der Waals surface area contributed by atoms with E-state index in [2.05, 4.69) is 23.4 Å². The Balaban J connectivity index is 2.07. The molecule has 26 heavy (non-hydrogen) atoms. The number of nitrogens with one attached hydrogen (secondary N) is 1. The molecule has 1 unspecified atom stereocenters. The van der Waals surface area contributed by atoms with Gasteiger partial charge in [0.1, 0.15) is 0 Å². The number of amides is 1. The average molecular weight is 369 g/mol. The SMILES string of the molecule is Cc1cc(C)c2c(-c3ccccc3)nc(SC(C)C(=O)NC(C)C)n2n1. The monoisotopic (exact) mass is 368 g/mol. The largest absolute Gasteiger partial charge is 0.353 e. The molecule has 0 radical (unpaired) electrons. The number of aryl methyl sites for hydroxylation is 2. The Morgan fingerprint density at radius 3 is 2.50 bits per heavy atom. The van der Waals surface area contributed by atoms with Gasteiger partial charge in [0, 0.05) is 11.6 Å². The second kappa shape index (κ2) is 7.50. The maximum absolute atomic E-state index is 12.3. The van der Waals surface area contributed by atoms with Crippen molar-refractivity contribution in [1.29, 1.82) is 0 Å². The van der Waals surface area contributed by atoms with Crippen molar-refractivity contribution in [3.8, 4) is 11.3 Å². The van der Waals surface area contributed by atoms with Crippen molar-refractivity contribution in [1.82, 2.24) is 19.9 Å². The molecule has 1 aromatic carbocycles. The van der Waals surface area contributed by atoms with Gasteiger partial charge >= 0.3 is 0 Å². The molecule has 1 amide bonds. The van der Waals surface area contributed by atoms with E-state index in [0.717, 1.165) is 33.2 Å². The summed E-state index contributed by atoms with van der Waals surface area (Å²) < 4.78 is 1.87. The zero-order valence-electron chi connectivity index (χ0n) is 15.8. The van der Waals surface area contributed by atoms with Gasteiger partial charge < -0.3 is 5.32 Å². The minimum Gasteiger partial charge on any atom is -0.353 e. The number of hydrogen-bond acceptors (Lipinski definition) is 4. The standard InChI is InChI=1S/C20H24N4OS/c1-12(2)21-19(25)15(5)26-20-22-17(16-9-7-6-8-10-16)18-13(3)11-14(4)23-24(18)20/h6-12,15H,1-5H3,(H,21,25). The molecule has 0 aliphatic heterocycles. The number of fused-ring (bicyclic) bond motifs is 1. The zero-order chi connectivity index (χ0) is 18.8. The maximum Gasteiger partial charge on any atom is 0.233 e.